The van der Waals surface area contributed by atoms with E-state index in [1.54, 1.807) is 12.1 Å². The number of rotatable bonds is 2. The number of alkyl halides is 3. The molecule has 1 amide bonds. The molecule has 1 aromatic rings. The predicted molar refractivity (Wildman–Crippen MR) is 71.8 cm³/mol. The summed E-state index contributed by atoms with van der Waals surface area (Å²) in [5, 5.41) is 9.50. The second-order valence-electron chi connectivity index (χ2n) is 4.85. The molecular formula is C12H15ClF3N3O2. The molecule has 1 unspecified atom stereocenters. The monoisotopic (exact) mass is 325 g/mol. The van der Waals surface area contributed by atoms with E-state index >= 15 is 0 Å². The summed E-state index contributed by atoms with van der Waals surface area (Å²) >= 11 is 0. The summed E-state index contributed by atoms with van der Waals surface area (Å²) in [6, 6.07) is 3.10. The topological polar surface area (TPSA) is 79.5 Å². The van der Waals surface area contributed by atoms with Gasteiger partial charge < -0.3 is 15.7 Å². The van der Waals surface area contributed by atoms with Crippen molar-refractivity contribution in [2.45, 2.75) is 24.6 Å². The molecule has 118 valence electrons. The maximum Gasteiger partial charge on any atom is 0.419 e. The van der Waals surface area contributed by atoms with Gasteiger partial charge in [0.2, 0.25) is 5.91 Å². The van der Waals surface area contributed by atoms with Gasteiger partial charge in [0, 0.05) is 18.7 Å². The van der Waals surface area contributed by atoms with Crippen LogP contribution in [0.3, 0.4) is 0 Å². The van der Waals surface area contributed by atoms with Gasteiger partial charge in [-0.2, -0.15) is 13.2 Å². The molecule has 0 radical (unpaired) electrons. The number of aliphatic hydroxyl groups is 1. The van der Waals surface area contributed by atoms with E-state index in [9.17, 15) is 23.1 Å². The lowest BCUT2D eigenvalue weighted by Gasteiger charge is -2.25. The molecule has 1 aromatic heterocycles. The van der Waals surface area contributed by atoms with Crippen molar-refractivity contribution >= 4 is 24.0 Å². The summed E-state index contributed by atoms with van der Waals surface area (Å²) in [4.78, 5) is 16.8. The molecule has 1 atom stereocenters. The van der Waals surface area contributed by atoms with Crippen molar-refractivity contribution in [1.82, 2.24) is 9.88 Å². The van der Waals surface area contributed by atoms with E-state index in [2.05, 4.69) is 4.98 Å². The van der Waals surface area contributed by atoms with Gasteiger partial charge in [-0.15, -0.1) is 12.4 Å². The maximum atomic E-state index is 12.6. The van der Waals surface area contributed by atoms with Crippen molar-refractivity contribution in [3.63, 3.8) is 0 Å². The highest BCUT2D eigenvalue weighted by Crippen LogP contribution is 2.37. The van der Waals surface area contributed by atoms with E-state index in [1.807, 2.05) is 0 Å². The van der Waals surface area contributed by atoms with Crippen molar-refractivity contribution in [2.75, 3.05) is 18.8 Å². The van der Waals surface area contributed by atoms with E-state index < -0.39 is 30.7 Å². The second-order valence-corrected chi connectivity index (χ2v) is 4.85. The van der Waals surface area contributed by atoms with Gasteiger partial charge in [0.1, 0.15) is 0 Å². The molecule has 1 saturated heterocycles. The van der Waals surface area contributed by atoms with E-state index in [4.69, 9.17) is 5.73 Å². The summed E-state index contributed by atoms with van der Waals surface area (Å²) in [5.74, 6) is -0.498. The fourth-order valence-electron chi connectivity index (χ4n) is 2.05. The number of carbonyl (C=O) groups excluding carboxylic acids is 1. The zero-order chi connectivity index (χ0) is 15.0. The number of aromatic nitrogens is 1. The lowest BCUT2D eigenvalue weighted by atomic mass is 10.0. The van der Waals surface area contributed by atoms with Crippen LogP contribution in [0.15, 0.2) is 18.3 Å². The van der Waals surface area contributed by atoms with Crippen LogP contribution in [0, 0.1) is 0 Å². The molecule has 3 N–H and O–H groups in total. The molecule has 5 nitrogen and oxygen atoms in total. The summed E-state index contributed by atoms with van der Waals surface area (Å²) < 4.78 is 37.9. The number of hydrogen-bond donors (Lipinski definition) is 2. The number of halogens is 4. The van der Waals surface area contributed by atoms with E-state index in [0.717, 1.165) is 4.90 Å². The molecule has 1 aliphatic rings. The zero-order valence-electron chi connectivity index (χ0n) is 10.9. The fourth-order valence-corrected chi connectivity index (χ4v) is 2.05. The van der Waals surface area contributed by atoms with E-state index in [1.165, 1.54) is 6.20 Å². The maximum absolute atomic E-state index is 12.6. The number of carbonyl (C=O) groups is 1. The number of β-amino-alcohol motifs (C(OH)–C–C–N with tert-alkyl or cyclic N) is 1. The van der Waals surface area contributed by atoms with Crippen LogP contribution in [0.25, 0.3) is 0 Å². The Labute approximate surface area is 125 Å². The number of amides is 1. The van der Waals surface area contributed by atoms with Gasteiger partial charge in [0.05, 0.1) is 24.8 Å². The average Bonchev–Trinajstić information content (AvgIpc) is 2.76. The molecule has 1 fully saturated rings. The number of hydrogen-bond acceptors (Lipinski definition) is 4. The van der Waals surface area contributed by atoms with Crippen molar-refractivity contribution in [3.05, 3.63) is 24.0 Å². The Morgan fingerprint density at radius 1 is 1.48 bits per heavy atom. The summed E-state index contributed by atoms with van der Waals surface area (Å²) in [6.07, 6.45) is -3.98. The van der Waals surface area contributed by atoms with Gasteiger partial charge in [0.15, 0.2) is 5.60 Å². The number of pyridine rings is 1. The van der Waals surface area contributed by atoms with Gasteiger partial charge in [-0.3, -0.25) is 9.78 Å². The van der Waals surface area contributed by atoms with Crippen LogP contribution >= 0.6 is 12.4 Å². The van der Waals surface area contributed by atoms with Crippen LogP contribution in [0.2, 0.25) is 0 Å². The number of nitrogens with two attached hydrogens (primary N) is 1. The van der Waals surface area contributed by atoms with Crippen LogP contribution in [0.5, 0.6) is 0 Å². The lowest BCUT2D eigenvalue weighted by Crippen LogP contribution is -2.48. The third-order valence-electron chi connectivity index (χ3n) is 3.31. The highest BCUT2D eigenvalue weighted by Gasteiger charge is 2.57. The molecule has 0 spiro atoms. The first-order chi connectivity index (χ1) is 9.21. The van der Waals surface area contributed by atoms with Crippen LogP contribution in [0.4, 0.5) is 18.9 Å². The van der Waals surface area contributed by atoms with E-state index in [0.29, 0.717) is 11.4 Å². The normalized spacial score (nSPS) is 22.0. The van der Waals surface area contributed by atoms with Crippen LogP contribution in [-0.2, 0) is 11.2 Å². The molecular weight excluding hydrogens is 311 g/mol. The molecule has 0 bridgehead atoms. The number of nitrogen functional groups attached to an aromatic ring is 1. The van der Waals surface area contributed by atoms with Gasteiger partial charge in [0.25, 0.3) is 0 Å². The zero-order valence-corrected chi connectivity index (χ0v) is 11.7. The standard InChI is InChI=1S/C12H14F3N3O2.ClH/c13-12(14,15)11(20)3-4-18(7-11)10(19)5-9-2-1-8(16)6-17-9;/h1-2,6,20H,3-5,7,16H2;1H. The second kappa shape index (κ2) is 6.07. The van der Waals surface area contributed by atoms with Crippen molar-refractivity contribution in [1.29, 1.82) is 0 Å². The molecule has 2 heterocycles. The Balaban J connectivity index is 0.00000220. The molecule has 21 heavy (non-hydrogen) atoms. The van der Waals surface area contributed by atoms with E-state index in [-0.39, 0.29) is 25.4 Å². The summed E-state index contributed by atoms with van der Waals surface area (Å²) in [5.41, 5.74) is 3.50. The SMILES string of the molecule is Cl.Nc1ccc(CC(=O)N2CCC(O)(C(F)(F)F)C2)nc1. The molecule has 1 aliphatic heterocycles. The number of nitrogens with zero attached hydrogens (tertiary/aromatic N) is 2. The Kier molecular flexibility index (Phi) is 5.06. The molecule has 2 rings (SSSR count). The average molecular weight is 326 g/mol. The first-order valence-electron chi connectivity index (χ1n) is 5.98. The van der Waals surface area contributed by atoms with Gasteiger partial charge in [-0.25, -0.2) is 0 Å². The first-order valence-corrected chi connectivity index (χ1v) is 5.98. The van der Waals surface area contributed by atoms with Gasteiger partial charge >= 0.3 is 6.18 Å². The Bertz CT molecular complexity index is 509. The molecule has 0 saturated carbocycles. The Morgan fingerprint density at radius 3 is 2.62 bits per heavy atom. The highest BCUT2D eigenvalue weighted by atomic mass is 35.5. The van der Waals surface area contributed by atoms with Gasteiger partial charge in [-0.05, 0) is 12.1 Å². The third kappa shape index (κ3) is 3.76. The largest absolute Gasteiger partial charge is 0.419 e. The minimum absolute atomic E-state index is 0. The molecule has 0 aliphatic carbocycles. The summed E-state index contributed by atoms with van der Waals surface area (Å²) in [6.45, 7) is -0.853. The predicted octanol–water partition coefficient (Wildman–Crippen LogP) is 1.15. The lowest BCUT2D eigenvalue weighted by molar-refractivity contribution is -0.253. The van der Waals surface area contributed by atoms with Crippen LogP contribution in [-0.4, -0.2) is 45.8 Å². The minimum Gasteiger partial charge on any atom is -0.397 e. The van der Waals surface area contributed by atoms with Crippen molar-refractivity contribution in [2.24, 2.45) is 0 Å². The molecule has 0 aromatic carbocycles. The Hall–Kier alpha value is -1.54. The fraction of sp³-hybridized carbons (Fsp3) is 0.500. The smallest absolute Gasteiger partial charge is 0.397 e. The van der Waals surface area contributed by atoms with Crippen LogP contribution in [0.1, 0.15) is 12.1 Å². The first kappa shape index (κ1) is 17.5. The third-order valence-corrected chi connectivity index (χ3v) is 3.31. The summed E-state index contributed by atoms with van der Waals surface area (Å²) in [7, 11) is 0. The number of likely N-dealkylation sites (tertiary alicyclic amines) is 1. The van der Waals surface area contributed by atoms with Crippen molar-refractivity contribution in [3.8, 4) is 0 Å². The minimum atomic E-state index is -4.73. The van der Waals surface area contributed by atoms with Gasteiger partial charge in [-0.1, -0.05) is 0 Å². The van der Waals surface area contributed by atoms with Crippen LogP contribution < -0.4 is 5.73 Å². The number of anilines is 1. The highest BCUT2D eigenvalue weighted by molar-refractivity contribution is 5.85. The van der Waals surface area contributed by atoms with Crippen molar-refractivity contribution < 1.29 is 23.1 Å². The molecule has 9 heteroatoms. The Morgan fingerprint density at radius 2 is 2.14 bits per heavy atom. The quantitative estimate of drug-likeness (QED) is 0.855.